The van der Waals surface area contributed by atoms with Crippen molar-refractivity contribution in [3.05, 3.63) is 29.3 Å². The van der Waals surface area contributed by atoms with Crippen molar-refractivity contribution in [1.82, 2.24) is 10.3 Å². The van der Waals surface area contributed by atoms with E-state index in [1.807, 2.05) is 17.6 Å². The van der Waals surface area contributed by atoms with Gasteiger partial charge in [-0.05, 0) is 24.6 Å². The lowest BCUT2D eigenvalue weighted by Gasteiger charge is -2.03. The Kier molecular flexibility index (Phi) is 3.48. The summed E-state index contributed by atoms with van der Waals surface area (Å²) in [5, 5.41) is 11.4. The summed E-state index contributed by atoms with van der Waals surface area (Å²) in [6.45, 7) is 0.683. The first-order valence-electron chi connectivity index (χ1n) is 5.01. The van der Waals surface area contributed by atoms with Crippen LogP contribution in [-0.2, 0) is 11.2 Å². The van der Waals surface area contributed by atoms with Crippen molar-refractivity contribution >= 4 is 27.5 Å². The number of rotatable bonds is 5. The topological polar surface area (TPSA) is 62.2 Å². The maximum atomic E-state index is 10.3. The lowest BCUT2D eigenvalue weighted by Crippen LogP contribution is -2.24. The fraction of sp³-hybridized carbons (Fsp3) is 0.273. The van der Waals surface area contributed by atoms with E-state index in [9.17, 15) is 4.79 Å². The summed E-state index contributed by atoms with van der Waals surface area (Å²) >= 11 is 1.62. The normalized spacial score (nSPS) is 10.8. The highest BCUT2D eigenvalue weighted by molar-refractivity contribution is 7.16. The molecule has 2 rings (SSSR count). The molecule has 5 heteroatoms. The zero-order valence-electron chi connectivity index (χ0n) is 8.64. The summed E-state index contributed by atoms with van der Waals surface area (Å²) in [7, 11) is 0. The maximum absolute atomic E-state index is 10.3. The van der Waals surface area contributed by atoms with Crippen LogP contribution >= 0.6 is 11.3 Å². The number of hydrogen-bond donors (Lipinski definition) is 2. The van der Waals surface area contributed by atoms with Gasteiger partial charge in [-0.25, -0.2) is 4.98 Å². The van der Waals surface area contributed by atoms with E-state index in [0.717, 1.165) is 11.9 Å². The molecule has 2 N–H and O–H groups in total. The van der Waals surface area contributed by atoms with E-state index in [2.05, 4.69) is 16.4 Å². The SMILES string of the molecule is O=C(O)CNCCc1cccc2ncsc12. The third kappa shape index (κ3) is 2.56. The summed E-state index contributed by atoms with van der Waals surface area (Å²) in [4.78, 5) is 14.6. The molecule has 0 atom stereocenters. The standard InChI is InChI=1S/C11H12N2O2S/c14-10(15)6-12-5-4-8-2-1-3-9-11(8)16-7-13-9/h1-3,7,12H,4-6H2,(H,14,15). The minimum atomic E-state index is -0.823. The third-order valence-electron chi connectivity index (χ3n) is 2.29. The van der Waals surface area contributed by atoms with Crippen LogP contribution < -0.4 is 5.32 Å². The highest BCUT2D eigenvalue weighted by Gasteiger charge is 2.03. The second-order valence-electron chi connectivity index (χ2n) is 3.44. The zero-order valence-corrected chi connectivity index (χ0v) is 9.46. The van der Waals surface area contributed by atoms with Crippen molar-refractivity contribution in [3.8, 4) is 0 Å². The number of hydrogen-bond acceptors (Lipinski definition) is 4. The first-order chi connectivity index (χ1) is 7.77. The summed E-state index contributed by atoms with van der Waals surface area (Å²) in [5.74, 6) is -0.823. The molecule has 0 amide bonds. The molecule has 0 unspecified atom stereocenters. The Morgan fingerprint density at radius 2 is 2.38 bits per heavy atom. The molecule has 0 aliphatic heterocycles. The Balaban J connectivity index is 1.98. The maximum Gasteiger partial charge on any atom is 0.317 e. The Labute approximate surface area is 96.9 Å². The molecule has 0 radical (unpaired) electrons. The molecule has 0 saturated carbocycles. The van der Waals surface area contributed by atoms with Gasteiger partial charge in [0.2, 0.25) is 0 Å². The molecule has 2 aromatic rings. The molecular weight excluding hydrogens is 224 g/mol. The molecule has 0 bridgehead atoms. The molecule has 0 aliphatic carbocycles. The van der Waals surface area contributed by atoms with Crippen molar-refractivity contribution < 1.29 is 9.90 Å². The number of aliphatic carboxylic acids is 1. The van der Waals surface area contributed by atoms with Gasteiger partial charge in [-0.15, -0.1) is 11.3 Å². The molecule has 0 saturated heterocycles. The van der Waals surface area contributed by atoms with Crippen LogP contribution in [0.4, 0.5) is 0 Å². The van der Waals surface area contributed by atoms with E-state index in [4.69, 9.17) is 5.11 Å². The van der Waals surface area contributed by atoms with Crippen LogP contribution in [0.25, 0.3) is 10.2 Å². The molecule has 84 valence electrons. The van der Waals surface area contributed by atoms with Crippen LogP contribution in [0, 0.1) is 0 Å². The van der Waals surface area contributed by atoms with E-state index < -0.39 is 5.97 Å². The zero-order chi connectivity index (χ0) is 11.4. The highest BCUT2D eigenvalue weighted by atomic mass is 32.1. The fourth-order valence-corrected chi connectivity index (χ4v) is 2.39. The molecule has 4 nitrogen and oxygen atoms in total. The molecule has 1 aromatic heterocycles. The van der Waals surface area contributed by atoms with Gasteiger partial charge in [-0.3, -0.25) is 4.79 Å². The second kappa shape index (κ2) is 5.05. The Hall–Kier alpha value is -1.46. The summed E-state index contributed by atoms with van der Waals surface area (Å²) in [5.41, 5.74) is 4.07. The van der Waals surface area contributed by atoms with Gasteiger partial charge in [0.15, 0.2) is 0 Å². The number of thiazole rings is 1. The van der Waals surface area contributed by atoms with Gasteiger partial charge < -0.3 is 10.4 Å². The first-order valence-corrected chi connectivity index (χ1v) is 5.89. The largest absolute Gasteiger partial charge is 0.480 e. The van der Waals surface area contributed by atoms with Gasteiger partial charge in [0.1, 0.15) is 0 Å². The summed E-state index contributed by atoms with van der Waals surface area (Å²) in [6, 6.07) is 6.03. The van der Waals surface area contributed by atoms with E-state index in [1.54, 1.807) is 11.3 Å². The monoisotopic (exact) mass is 236 g/mol. The van der Waals surface area contributed by atoms with Crippen molar-refractivity contribution in [3.63, 3.8) is 0 Å². The van der Waals surface area contributed by atoms with Gasteiger partial charge in [0, 0.05) is 0 Å². The number of benzene rings is 1. The highest BCUT2D eigenvalue weighted by Crippen LogP contribution is 2.22. The number of fused-ring (bicyclic) bond motifs is 1. The molecule has 1 heterocycles. The van der Waals surface area contributed by atoms with Crippen molar-refractivity contribution in [2.24, 2.45) is 0 Å². The summed E-state index contributed by atoms with van der Waals surface area (Å²) in [6.07, 6.45) is 0.826. The molecule has 0 aliphatic rings. The van der Waals surface area contributed by atoms with Crippen molar-refractivity contribution in [1.29, 1.82) is 0 Å². The Morgan fingerprint density at radius 3 is 3.19 bits per heavy atom. The van der Waals surface area contributed by atoms with Crippen LogP contribution in [0.5, 0.6) is 0 Å². The average molecular weight is 236 g/mol. The molecule has 1 aromatic carbocycles. The fourth-order valence-electron chi connectivity index (χ4n) is 1.56. The van der Waals surface area contributed by atoms with Crippen LogP contribution in [0.2, 0.25) is 0 Å². The minimum Gasteiger partial charge on any atom is -0.480 e. The second-order valence-corrected chi connectivity index (χ2v) is 4.29. The predicted molar refractivity (Wildman–Crippen MR) is 63.8 cm³/mol. The van der Waals surface area contributed by atoms with Gasteiger partial charge in [-0.1, -0.05) is 12.1 Å². The van der Waals surface area contributed by atoms with Crippen molar-refractivity contribution in [2.45, 2.75) is 6.42 Å². The van der Waals surface area contributed by atoms with E-state index in [1.165, 1.54) is 10.3 Å². The number of carboxylic acid groups (broad SMARTS) is 1. The van der Waals surface area contributed by atoms with Gasteiger partial charge >= 0.3 is 5.97 Å². The van der Waals surface area contributed by atoms with Crippen LogP contribution in [0.15, 0.2) is 23.7 Å². The van der Waals surface area contributed by atoms with Crippen LogP contribution in [0.3, 0.4) is 0 Å². The first kappa shape index (κ1) is 11.0. The third-order valence-corrected chi connectivity index (χ3v) is 3.20. The summed E-state index contributed by atoms with van der Waals surface area (Å²) < 4.78 is 1.19. The van der Waals surface area contributed by atoms with E-state index >= 15 is 0 Å². The molecule has 0 fully saturated rings. The predicted octanol–water partition coefficient (Wildman–Crippen LogP) is 1.51. The lowest BCUT2D eigenvalue weighted by molar-refractivity contribution is -0.135. The molecule has 16 heavy (non-hydrogen) atoms. The minimum absolute atomic E-state index is 0.0126. The van der Waals surface area contributed by atoms with E-state index in [-0.39, 0.29) is 6.54 Å². The smallest absolute Gasteiger partial charge is 0.317 e. The van der Waals surface area contributed by atoms with Crippen LogP contribution in [0.1, 0.15) is 5.56 Å². The number of nitrogens with one attached hydrogen (secondary N) is 1. The average Bonchev–Trinajstić information content (AvgIpc) is 2.72. The Morgan fingerprint density at radius 1 is 1.50 bits per heavy atom. The number of aromatic nitrogens is 1. The number of nitrogens with zero attached hydrogens (tertiary/aromatic N) is 1. The van der Waals surface area contributed by atoms with Gasteiger partial charge in [0.05, 0.1) is 22.3 Å². The van der Waals surface area contributed by atoms with Crippen molar-refractivity contribution in [2.75, 3.05) is 13.1 Å². The van der Waals surface area contributed by atoms with Crippen LogP contribution in [-0.4, -0.2) is 29.1 Å². The number of carbonyl (C=O) groups is 1. The molecule has 0 spiro atoms. The quantitative estimate of drug-likeness (QED) is 0.772. The Bertz CT molecular complexity index is 495. The van der Waals surface area contributed by atoms with Gasteiger partial charge in [-0.2, -0.15) is 0 Å². The molecular formula is C11H12N2O2S. The number of carboxylic acids is 1. The van der Waals surface area contributed by atoms with Gasteiger partial charge in [0.25, 0.3) is 0 Å². The lowest BCUT2D eigenvalue weighted by atomic mass is 10.1. The van der Waals surface area contributed by atoms with E-state index in [0.29, 0.717) is 6.54 Å².